The van der Waals surface area contributed by atoms with Gasteiger partial charge < -0.3 is 14.5 Å². The number of aryl methyl sites for hydroxylation is 1. The first-order valence-corrected chi connectivity index (χ1v) is 10.2. The molecule has 1 spiro atoms. The highest BCUT2D eigenvalue weighted by atomic mass is 16.5. The van der Waals surface area contributed by atoms with E-state index in [0.29, 0.717) is 19.1 Å². The van der Waals surface area contributed by atoms with E-state index in [-0.39, 0.29) is 5.41 Å². The number of hydrogen-bond acceptors (Lipinski definition) is 6. The van der Waals surface area contributed by atoms with Crippen LogP contribution in [0.5, 0.6) is 0 Å². The summed E-state index contributed by atoms with van der Waals surface area (Å²) >= 11 is 0. The van der Waals surface area contributed by atoms with Crippen LogP contribution in [0.3, 0.4) is 0 Å². The van der Waals surface area contributed by atoms with Gasteiger partial charge in [-0.15, -0.1) is 0 Å². The maximum Gasteiger partial charge on any atom is 0.223 e. The second-order valence-electron chi connectivity index (χ2n) is 8.16. The highest BCUT2D eigenvalue weighted by Gasteiger charge is 2.44. The Morgan fingerprint density at radius 1 is 1.21 bits per heavy atom. The molecule has 1 saturated heterocycles. The molecule has 0 saturated carbocycles. The lowest BCUT2D eigenvalue weighted by atomic mass is 9.80. The lowest BCUT2D eigenvalue weighted by Gasteiger charge is -2.34. The maximum atomic E-state index is 5.97. The topological polar surface area (TPSA) is 63.4 Å². The third-order valence-electron chi connectivity index (χ3n) is 6.09. The van der Waals surface area contributed by atoms with Crippen LogP contribution in [-0.2, 0) is 29.8 Å². The molecular formula is C23H26N4O2. The van der Waals surface area contributed by atoms with E-state index in [0.717, 1.165) is 49.7 Å². The molecular weight excluding hydrogens is 364 g/mol. The van der Waals surface area contributed by atoms with Crippen molar-refractivity contribution in [3.05, 3.63) is 77.0 Å². The molecule has 29 heavy (non-hydrogen) atoms. The predicted molar refractivity (Wildman–Crippen MR) is 110 cm³/mol. The van der Waals surface area contributed by atoms with E-state index in [1.165, 1.54) is 11.1 Å². The molecule has 0 bridgehead atoms. The Kier molecular flexibility index (Phi) is 4.81. The number of likely N-dealkylation sites (tertiary alicyclic amines) is 1. The zero-order chi connectivity index (χ0) is 19.7. The van der Waals surface area contributed by atoms with E-state index in [2.05, 4.69) is 46.4 Å². The number of furan rings is 1. The molecule has 3 aromatic rings. The molecule has 1 fully saturated rings. The van der Waals surface area contributed by atoms with Gasteiger partial charge in [0, 0.05) is 24.8 Å². The van der Waals surface area contributed by atoms with Crippen molar-refractivity contribution in [3.63, 3.8) is 0 Å². The molecule has 6 heteroatoms. The Morgan fingerprint density at radius 3 is 3.00 bits per heavy atom. The normalized spacial score (nSPS) is 21.4. The minimum Gasteiger partial charge on any atom is -0.467 e. The van der Waals surface area contributed by atoms with Gasteiger partial charge in [-0.3, -0.25) is 4.90 Å². The van der Waals surface area contributed by atoms with Crippen LogP contribution < -0.4 is 5.32 Å². The van der Waals surface area contributed by atoms with E-state index in [4.69, 9.17) is 14.1 Å². The van der Waals surface area contributed by atoms with E-state index in [9.17, 15) is 0 Å². The molecule has 2 aromatic heterocycles. The van der Waals surface area contributed by atoms with Gasteiger partial charge >= 0.3 is 0 Å². The Bertz CT molecular complexity index is 988. The van der Waals surface area contributed by atoms with Crippen LogP contribution in [0.4, 0.5) is 5.95 Å². The van der Waals surface area contributed by atoms with Crippen molar-refractivity contribution in [1.29, 1.82) is 0 Å². The molecule has 6 nitrogen and oxygen atoms in total. The Balaban J connectivity index is 1.35. The number of fused-ring (bicyclic) bond motifs is 2. The summed E-state index contributed by atoms with van der Waals surface area (Å²) in [7, 11) is 0. The molecule has 2 aliphatic heterocycles. The van der Waals surface area contributed by atoms with Crippen molar-refractivity contribution in [3.8, 4) is 0 Å². The summed E-state index contributed by atoms with van der Waals surface area (Å²) in [6, 6.07) is 12.5. The SMILES string of the molecule is Cc1ccccc1CN1CC[C@@]2(COCc3cnc(NCc4ccco4)nc32)C1. The van der Waals surface area contributed by atoms with Crippen LogP contribution in [0.1, 0.15) is 34.6 Å². The molecule has 2 aliphatic rings. The minimum absolute atomic E-state index is 0.0552. The second-order valence-corrected chi connectivity index (χ2v) is 8.16. The summed E-state index contributed by atoms with van der Waals surface area (Å²) in [5.74, 6) is 1.52. The van der Waals surface area contributed by atoms with Crippen molar-refractivity contribution in [2.24, 2.45) is 0 Å². The third kappa shape index (κ3) is 3.66. The summed E-state index contributed by atoms with van der Waals surface area (Å²) in [6.07, 6.45) is 4.65. The highest BCUT2D eigenvalue weighted by molar-refractivity contribution is 5.37. The van der Waals surface area contributed by atoms with Crippen molar-refractivity contribution in [2.75, 3.05) is 25.0 Å². The van der Waals surface area contributed by atoms with E-state index >= 15 is 0 Å². The number of nitrogens with zero attached hydrogens (tertiary/aromatic N) is 3. The standard InChI is InChI=1S/C23H26N4O2/c1-17-5-2-3-6-18(17)13-27-9-8-23(15-27)16-28-14-19-11-24-22(26-21(19)23)25-12-20-7-4-10-29-20/h2-7,10-11H,8-9,12-16H2,1H3,(H,24,25,26)/t23-/m0/s1. The average Bonchev–Trinajstić information content (AvgIpc) is 3.40. The van der Waals surface area contributed by atoms with Crippen molar-refractivity contribution in [2.45, 2.75) is 38.5 Å². The fourth-order valence-electron chi connectivity index (χ4n) is 4.49. The summed E-state index contributed by atoms with van der Waals surface area (Å²) < 4.78 is 11.4. The Hall–Kier alpha value is -2.70. The lowest BCUT2D eigenvalue weighted by molar-refractivity contribution is 0.0503. The highest BCUT2D eigenvalue weighted by Crippen LogP contribution is 2.39. The zero-order valence-corrected chi connectivity index (χ0v) is 16.7. The number of aromatic nitrogens is 2. The van der Waals surface area contributed by atoms with Crippen LogP contribution in [0, 0.1) is 6.92 Å². The monoisotopic (exact) mass is 390 g/mol. The molecule has 4 heterocycles. The molecule has 5 rings (SSSR count). The number of benzene rings is 1. The first-order valence-electron chi connectivity index (χ1n) is 10.2. The molecule has 1 atom stereocenters. The molecule has 1 N–H and O–H groups in total. The van der Waals surface area contributed by atoms with E-state index < -0.39 is 0 Å². The first-order chi connectivity index (χ1) is 14.2. The van der Waals surface area contributed by atoms with Crippen molar-refractivity contribution < 1.29 is 9.15 Å². The van der Waals surface area contributed by atoms with Crippen molar-refractivity contribution in [1.82, 2.24) is 14.9 Å². The molecule has 0 aliphatic carbocycles. The van der Waals surface area contributed by atoms with Gasteiger partial charge in [0.15, 0.2) is 0 Å². The summed E-state index contributed by atoms with van der Waals surface area (Å²) in [6.45, 7) is 7.06. The smallest absolute Gasteiger partial charge is 0.223 e. The van der Waals surface area contributed by atoms with Crippen LogP contribution in [-0.4, -0.2) is 34.6 Å². The Labute approximate surface area is 170 Å². The van der Waals surface area contributed by atoms with Crippen molar-refractivity contribution >= 4 is 5.95 Å². The van der Waals surface area contributed by atoms with Gasteiger partial charge in [-0.05, 0) is 43.1 Å². The molecule has 0 unspecified atom stereocenters. The summed E-state index contributed by atoms with van der Waals surface area (Å²) in [4.78, 5) is 12.0. The number of rotatable bonds is 5. The predicted octanol–water partition coefficient (Wildman–Crippen LogP) is 3.66. The summed E-state index contributed by atoms with van der Waals surface area (Å²) in [5, 5.41) is 3.29. The van der Waals surface area contributed by atoms with Gasteiger partial charge in [0.25, 0.3) is 0 Å². The molecule has 0 amide bonds. The van der Waals surface area contributed by atoms with Gasteiger partial charge in [0.2, 0.25) is 5.95 Å². The minimum atomic E-state index is -0.0552. The van der Waals surface area contributed by atoms with E-state index in [1.807, 2.05) is 18.3 Å². The van der Waals surface area contributed by atoms with Crippen LogP contribution >= 0.6 is 0 Å². The van der Waals surface area contributed by atoms with Gasteiger partial charge in [0.1, 0.15) is 5.76 Å². The zero-order valence-electron chi connectivity index (χ0n) is 16.7. The number of ether oxygens (including phenoxy) is 1. The molecule has 0 radical (unpaired) electrons. The van der Waals surface area contributed by atoms with E-state index in [1.54, 1.807) is 6.26 Å². The lowest BCUT2D eigenvalue weighted by Crippen LogP contribution is -2.40. The molecule has 1 aromatic carbocycles. The second kappa shape index (κ2) is 7.61. The third-order valence-corrected chi connectivity index (χ3v) is 6.09. The quantitative estimate of drug-likeness (QED) is 0.717. The largest absolute Gasteiger partial charge is 0.467 e. The van der Waals surface area contributed by atoms with Gasteiger partial charge in [-0.25, -0.2) is 9.97 Å². The number of anilines is 1. The fourth-order valence-corrected chi connectivity index (χ4v) is 4.49. The van der Waals surface area contributed by atoms with Crippen LogP contribution in [0.2, 0.25) is 0 Å². The fraction of sp³-hybridized carbons (Fsp3) is 0.391. The average molecular weight is 390 g/mol. The van der Waals surface area contributed by atoms with Gasteiger partial charge in [-0.2, -0.15) is 0 Å². The van der Waals surface area contributed by atoms with Crippen LogP contribution in [0.25, 0.3) is 0 Å². The van der Waals surface area contributed by atoms with Gasteiger partial charge in [-0.1, -0.05) is 24.3 Å². The first kappa shape index (κ1) is 18.3. The van der Waals surface area contributed by atoms with Crippen LogP contribution in [0.15, 0.2) is 53.3 Å². The number of nitrogens with one attached hydrogen (secondary N) is 1. The van der Waals surface area contributed by atoms with Gasteiger partial charge in [0.05, 0.1) is 37.1 Å². The summed E-state index contributed by atoms with van der Waals surface area (Å²) in [5.41, 5.74) is 4.94. The Morgan fingerprint density at radius 2 is 2.14 bits per heavy atom. The maximum absolute atomic E-state index is 5.97. The number of hydrogen-bond donors (Lipinski definition) is 1. The molecule has 150 valence electrons.